The van der Waals surface area contributed by atoms with Gasteiger partial charge in [-0.2, -0.15) is 0 Å². The Bertz CT molecular complexity index is 1400. The van der Waals surface area contributed by atoms with Gasteiger partial charge >= 0.3 is 0 Å². The van der Waals surface area contributed by atoms with Crippen molar-refractivity contribution in [2.24, 2.45) is 0 Å². The lowest BCUT2D eigenvalue weighted by Crippen LogP contribution is -2.46. The fraction of sp³-hybridized carbons (Fsp3) is 0.333. The second-order valence-corrected chi connectivity index (χ2v) is 9.91. The van der Waals surface area contributed by atoms with Gasteiger partial charge in [-0.15, -0.1) is 0 Å². The molecule has 12 nitrogen and oxygen atoms in total. The smallest absolute Gasteiger partial charge is 0.269 e. The molecule has 1 fully saturated rings. The first-order valence-corrected chi connectivity index (χ1v) is 13.6. The van der Waals surface area contributed by atoms with Gasteiger partial charge in [0.1, 0.15) is 12.3 Å². The van der Waals surface area contributed by atoms with Gasteiger partial charge in [0.2, 0.25) is 18.6 Å². The van der Waals surface area contributed by atoms with E-state index in [4.69, 9.17) is 18.6 Å². The molecular weight excluding hydrogens is 544 g/mol. The van der Waals surface area contributed by atoms with Gasteiger partial charge in [0.15, 0.2) is 11.5 Å². The third-order valence-corrected chi connectivity index (χ3v) is 7.04. The molecule has 5 rings (SSSR count). The molecule has 0 bridgehead atoms. The first kappa shape index (κ1) is 28.8. The number of benzene rings is 2. The van der Waals surface area contributed by atoms with Crippen LogP contribution in [-0.2, 0) is 27.4 Å². The standard InChI is InChI=1S/C30H32N4O8/c35-29(10-6-23-3-7-25(8-4-23)34(37)38)32(12-11-31-13-16-39-17-14-31)21-30(36)33(20-26-2-1-15-40-26)19-24-5-9-27-28(18-24)42-22-41-27/h1-10,15,18H,11-14,16-17,19-22H2/b10-6+. The zero-order chi connectivity index (χ0) is 29.3. The maximum atomic E-state index is 13.8. The van der Waals surface area contributed by atoms with Gasteiger partial charge in [-0.05, 0) is 53.6 Å². The number of nitro benzene ring substituents is 1. The van der Waals surface area contributed by atoms with Crippen molar-refractivity contribution in [3.05, 3.63) is 93.9 Å². The number of fused-ring (bicyclic) bond motifs is 1. The van der Waals surface area contributed by atoms with E-state index in [1.54, 1.807) is 41.5 Å². The molecule has 2 aliphatic rings. The molecule has 1 aromatic heterocycles. The highest BCUT2D eigenvalue weighted by molar-refractivity contribution is 5.94. The van der Waals surface area contributed by atoms with Crippen molar-refractivity contribution in [2.75, 3.05) is 52.7 Å². The van der Waals surface area contributed by atoms with E-state index in [0.29, 0.717) is 49.1 Å². The Morgan fingerprint density at radius 1 is 0.976 bits per heavy atom. The molecule has 2 amide bonds. The predicted octanol–water partition coefficient (Wildman–Crippen LogP) is 3.32. The van der Waals surface area contributed by atoms with Crippen molar-refractivity contribution < 1.29 is 33.1 Å². The van der Waals surface area contributed by atoms with Crippen molar-refractivity contribution in [2.45, 2.75) is 13.1 Å². The largest absolute Gasteiger partial charge is 0.467 e. The summed E-state index contributed by atoms with van der Waals surface area (Å²) < 4.78 is 21.9. The summed E-state index contributed by atoms with van der Waals surface area (Å²) in [6.45, 7) is 4.21. The first-order valence-electron chi connectivity index (χ1n) is 13.6. The number of rotatable bonds is 12. The molecule has 2 aliphatic heterocycles. The number of furan rings is 1. The normalized spacial score (nSPS) is 14.7. The molecule has 0 atom stereocenters. The van der Waals surface area contributed by atoms with Crippen molar-refractivity contribution in [3.8, 4) is 11.5 Å². The minimum absolute atomic E-state index is 0.0321. The van der Waals surface area contributed by atoms with Crippen LogP contribution in [0, 0.1) is 10.1 Å². The monoisotopic (exact) mass is 576 g/mol. The zero-order valence-electron chi connectivity index (χ0n) is 23.1. The maximum absolute atomic E-state index is 13.8. The van der Waals surface area contributed by atoms with Crippen LogP contribution in [0.15, 0.2) is 71.4 Å². The lowest BCUT2D eigenvalue weighted by atomic mass is 10.1. The molecule has 42 heavy (non-hydrogen) atoms. The fourth-order valence-electron chi connectivity index (χ4n) is 4.68. The third-order valence-electron chi connectivity index (χ3n) is 7.04. The van der Waals surface area contributed by atoms with Crippen LogP contribution in [-0.4, -0.2) is 84.2 Å². The molecule has 1 saturated heterocycles. The van der Waals surface area contributed by atoms with E-state index >= 15 is 0 Å². The Hall–Kier alpha value is -4.68. The summed E-state index contributed by atoms with van der Waals surface area (Å²) in [6, 6.07) is 15.0. The Morgan fingerprint density at radius 3 is 2.50 bits per heavy atom. The molecule has 0 radical (unpaired) electrons. The van der Waals surface area contributed by atoms with Gasteiger partial charge < -0.3 is 28.4 Å². The number of hydrogen-bond acceptors (Lipinski definition) is 9. The van der Waals surface area contributed by atoms with E-state index in [1.165, 1.54) is 23.1 Å². The predicted molar refractivity (Wildman–Crippen MR) is 151 cm³/mol. The number of ether oxygens (including phenoxy) is 3. The summed E-state index contributed by atoms with van der Waals surface area (Å²) in [4.78, 5) is 43.0. The summed E-state index contributed by atoms with van der Waals surface area (Å²) in [5, 5.41) is 11.0. The van der Waals surface area contributed by atoms with E-state index in [0.717, 1.165) is 18.7 Å². The minimum atomic E-state index is -0.477. The van der Waals surface area contributed by atoms with Gasteiger partial charge in [0, 0.05) is 50.9 Å². The van der Waals surface area contributed by atoms with Crippen molar-refractivity contribution in [1.82, 2.24) is 14.7 Å². The molecule has 12 heteroatoms. The van der Waals surface area contributed by atoms with Crippen LogP contribution in [0.4, 0.5) is 5.69 Å². The van der Waals surface area contributed by atoms with Crippen LogP contribution in [0.5, 0.6) is 11.5 Å². The highest BCUT2D eigenvalue weighted by Gasteiger charge is 2.24. The van der Waals surface area contributed by atoms with E-state index in [9.17, 15) is 19.7 Å². The van der Waals surface area contributed by atoms with Gasteiger partial charge in [0.05, 0.1) is 30.9 Å². The number of nitrogens with zero attached hydrogens (tertiary/aromatic N) is 4. The Morgan fingerprint density at radius 2 is 1.76 bits per heavy atom. The SMILES string of the molecule is O=C(/C=C/c1ccc([N+](=O)[O-])cc1)N(CCN1CCOCC1)CC(=O)N(Cc1ccc2c(c1)OCO2)Cc1ccco1. The van der Waals surface area contributed by atoms with Crippen molar-refractivity contribution >= 4 is 23.6 Å². The molecular formula is C30H32N4O8. The zero-order valence-corrected chi connectivity index (χ0v) is 23.1. The molecule has 0 saturated carbocycles. The fourth-order valence-corrected chi connectivity index (χ4v) is 4.68. The number of carbonyl (C=O) groups is 2. The van der Waals surface area contributed by atoms with Gasteiger partial charge in [-0.3, -0.25) is 24.6 Å². The highest BCUT2D eigenvalue weighted by Crippen LogP contribution is 2.33. The van der Waals surface area contributed by atoms with E-state index in [2.05, 4.69) is 4.90 Å². The average molecular weight is 577 g/mol. The summed E-state index contributed by atoms with van der Waals surface area (Å²) in [7, 11) is 0. The Balaban J connectivity index is 1.31. The summed E-state index contributed by atoms with van der Waals surface area (Å²) in [5.74, 6) is 1.31. The van der Waals surface area contributed by atoms with E-state index in [-0.39, 0.29) is 43.9 Å². The van der Waals surface area contributed by atoms with Gasteiger partial charge in [-0.25, -0.2) is 0 Å². The van der Waals surface area contributed by atoms with E-state index < -0.39 is 4.92 Å². The van der Waals surface area contributed by atoms with Crippen LogP contribution < -0.4 is 9.47 Å². The maximum Gasteiger partial charge on any atom is 0.269 e. The molecule has 3 heterocycles. The number of non-ortho nitro benzene ring substituents is 1. The lowest BCUT2D eigenvalue weighted by molar-refractivity contribution is -0.384. The van der Waals surface area contributed by atoms with Crippen LogP contribution in [0.2, 0.25) is 0 Å². The second-order valence-electron chi connectivity index (χ2n) is 9.91. The average Bonchev–Trinajstić information content (AvgIpc) is 3.70. The lowest BCUT2D eigenvalue weighted by Gasteiger charge is -2.31. The molecule has 220 valence electrons. The number of carbonyl (C=O) groups excluding carboxylic acids is 2. The first-order chi connectivity index (χ1) is 20.4. The number of amides is 2. The van der Waals surface area contributed by atoms with Crippen molar-refractivity contribution in [3.63, 3.8) is 0 Å². The van der Waals surface area contributed by atoms with Crippen molar-refractivity contribution in [1.29, 1.82) is 0 Å². The van der Waals surface area contributed by atoms with Crippen LogP contribution in [0.1, 0.15) is 16.9 Å². The van der Waals surface area contributed by atoms with Crippen LogP contribution in [0.25, 0.3) is 6.08 Å². The number of nitro groups is 1. The molecule has 0 unspecified atom stereocenters. The van der Waals surface area contributed by atoms with E-state index in [1.807, 2.05) is 18.2 Å². The minimum Gasteiger partial charge on any atom is -0.467 e. The Labute approximate surface area is 242 Å². The van der Waals surface area contributed by atoms with Crippen LogP contribution >= 0.6 is 0 Å². The number of hydrogen-bond donors (Lipinski definition) is 0. The molecule has 2 aromatic carbocycles. The molecule has 0 N–H and O–H groups in total. The second kappa shape index (κ2) is 13.8. The quantitative estimate of drug-likeness (QED) is 0.181. The third kappa shape index (κ3) is 7.74. The molecule has 0 spiro atoms. The highest BCUT2D eigenvalue weighted by atomic mass is 16.7. The van der Waals surface area contributed by atoms with Gasteiger partial charge in [-0.1, -0.05) is 6.07 Å². The summed E-state index contributed by atoms with van der Waals surface area (Å²) in [5.41, 5.74) is 1.45. The molecule has 0 aliphatic carbocycles. The Kier molecular flexibility index (Phi) is 9.47. The van der Waals surface area contributed by atoms with Crippen LogP contribution in [0.3, 0.4) is 0 Å². The summed E-state index contributed by atoms with van der Waals surface area (Å²) >= 11 is 0. The topological polar surface area (TPSA) is 128 Å². The molecule has 3 aromatic rings. The van der Waals surface area contributed by atoms with Gasteiger partial charge in [0.25, 0.3) is 5.69 Å². The number of morpholine rings is 1. The summed E-state index contributed by atoms with van der Waals surface area (Å²) in [6.07, 6.45) is 4.54.